The summed E-state index contributed by atoms with van der Waals surface area (Å²) in [7, 11) is 0. The van der Waals surface area contributed by atoms with Crippen LogP contribution in [-0.2, 0) is 0 Å². The quantitative estimate of drug-likeness (QED) is 0.188. The normalized spacial score (nSPS) is 12.3. The van der Waals surface area contributed by atoms with Gasteiger partial charge in [0.1, 0.15) is 0 Å². The van der Waals surface area contributed by atoms with Crippen LogP contribution in [0.1, 0.15) is 0 Å². The van der Waals surface area contributed by atoms with Gasteiger partial charge in [0.25, 0.3) is 0 Å². The van der Waals surface area contributed by atoms with E-state index >= 15 is 0 Å². The number of benzene rings is 7. The Kier molecular flexibility index (Phi) is 5.32. The molecule has 0 fully saturated rings. The second-order valence-electron chi connectivity index (χ2n) is 13.2. The minimum absolute atomic E-state index is 0.651. The second kappa shape index (κ2) is 9.97. The largest absolute Gasteiger partial charge is 0.307 e. The average molecular weight is 668 g/mol. The Bertz CT molecular complexity index is 3300. The van der Waals surface area contributed by atoms with E-state index < -0.39 is 0 Å². The molecular weight excluding hydrogens is 643 g/mol. The summed E-state index contributed by atoms with van der Waals surface area (Å²) in [6.45, 7) is 0. The third-order valence-electron chi connectivity index (χ3n) is 10.5. The van der Waals surface area contributed by atoms with Crippen LogP contribution in [0.2, 0.25) is 0 Å². The third-order valence-corrected chi connectivity index (χ3v) is 11.6. The number of hydrogen-bond donors (Lipinski definition) is 0. The molecule has 0 saturated heterocycles. The van der Waals surface area contributed by atoms with E-state index in [9.17, 15) is 0 Å². The van der Waals surface area contributed by atoms with Crippen molar-refractivity contribution in [2.45, 2.75) is 0 Å². The van der Waals surface area contributed by atoms with E-state index in [0.29, 0.717) is 17.5 Å². The van der Waals surface area contributed by atoms with Crippen LogP contribution >= 0.6 is 11.3 Å². The summed E-state index contributed by atoms with van der Waals surface area (Å²) in [5.74, 6) is 1.97. The third kappa shape index (κ3) is 3.66. The molecule has 0 bridgehead atoms. The Morgan fingerprint density at radius 1 is 0.353 bits per heavy atom. The fourth-order valence-electron chi connectivity index (χ4n) is 8.33. The van der Waals surface area contributed by atoms with Gasteiger partial charge in [-0.2, -0.15) is 0 Å². The van der Waals surface area contributed by atoms with Gasteiger partial charge < -0.3 is 8.80 Å². The highest BCUT2D eigenvalue weighted by molar-refractivity contribution is 7.26. The highest BCUT2D eigenvalue weighted by Gasteiger charge is 2.23. The molecule has 12 rings (SSSR count). The molecule has 0 aliphatic heterocycles. The minimum atomic E-state index is 0.651. The number of para-hydroxylation sites is 2. The molecule has 7 aromatic carbocycles. The first kappa shape index (κ1) is 27.2. The van der Waals surface area contributed by atoms with Crippen molar-refractivity contribution in [3.05, 3.63) is 152 Å². The van der Waals surface area contributed by atoms with Crippen LogP contribution in [0.5, 0.6) is 0 Å². The molecule has 0 N–H and O–H groups in total. The fourth-order valence-corrected chi connectivity index (χ4v) is 9.46. The zero-order chi connectivity index (χ0) is 33.2. The van der Waals surface area contributed by atoms with Crippen molar-refractivity contribution in [3.8, 4) is 34.2 Å². The van der Waals surface area contributed by atoms with Crippen LogP contribution in [0.15, 0.2) is 152 Å². The highest BCUT2D eigenvalue weighted by Crippen LogP contribution is 2.46. The molecule has 5 heterocycles. The van der Waals surface area contributed by atoms with Crippen molar-refractivity contribution >= 4 is 86.2 Å². The first-order valence-electron chi connectivity index (χ1n) is 17.1. The van der Waals surface area contributed by atoms with Gasteiger partial charge in [0, 0.05) is 58.4 Å². The molecule has 51 heavy (non-hydrogen) atoms. The topological polar surface area (TPSA) is 47.5 Å². The minimum Gasteiger partial charge on any atom is -0.307 e. The number of hydrogen-bond acceptors (Lipinski definition) is 4. The predicted molar refractivity (Wildman–Crippen MR) is 212 cm³/mol. The summed E-state index contributed by atoms with van der Waals surface area (Å²) in [6, 6.07) is 54.0. The van der Waals surface area contributed by atoms with Gasteiger partial charge >= 0.3 is 0 Å². The van der Waals surface area contributed by atoms with Crippen molar-refractivity contribution in [2.24, 2.45) is 0 Å². The van der Waals surface area contributed by atoms with E-state index in [2.05, 4.69) is 124 Å². The molecule has 12 aromatic rings. The zero-order valence-corrected chi connectivity index (χ0v) is 27.9. The lowest BCUT2D eigenvalue weighted by Crippen LogP contribution is -2.00. The smallest absolute Gasteiger partial charge is 0.164 e. The van der Waals surface area contributed by atoms with Crippen molar-refractivity contribution in [1.82, 2.24) is 23.8 Å². The van der Waals surface area contributed by atoms with Crippen LogP contribution in [-0.4, -0.2) is 23.8 Å². The van der Waals surface area contributed by atoms with E-state index in [1.54, 1.807) is 0 Å². The number of thiophene rings is 1. The zero-order valence-electron chi connectivity index (χ0n) is 27.1. The van der Waals surface area contributed by atoms with Gasteiger partial charge in [-0.1, -0.05) is 103 Å². The van der Waals surface area contributed by atoms with Crippen molar-refractivity contribution in [3.63, 3.8) is 0 Å². The molecule has 0 unspecified atom stereocenters. The maximum Gasteiger partial charge on any atom is 0.164 e. The Balaban J connectivity index is 1.24. The van der Waals surface area contributed by atoms with Gasteiger partial charge in [-0.25, -0.2) is 15.0 Å². The van der Waals surface area contributed by atoms with Gasteiger partial charge in [-0.3, -0.25) is 0 Å². The van der Waals surface area contributed by atoms with Gasteiger partial charge in [-0.05, 0) is 48.5 Å². The summed E-state index contributed by atoms with van der Waals surface area (Å²) in [6.07, 6.45) is 0. The average Bonchev–Trinajstić information content (AvgIpc) is 3.85. The summed E-state index contributed by atoms with van der Waals surface area (Å²) in [5, 5.41) is 7.55. The van der Waals surface area contributed by atoms with Crippen molar-refractivity contribution in [2.75, 3.05) is 0 Å². The molecule has 0 spiro atoms. The van der Waals surface area contributed by atoms with Gasteiger partial charge in [0.05, 0.1) is 33.1 Å². The Morgan fingerprint density at radius 2 is 0.922 bits per heavy atom. The first-order chi connectivity index (χ1) is 25.3. The summed E-state index contributed by atoms with van der Waals surface area (Å²) < 4.78 is 7.61. The lowest BCUT2D eigenvalue weighted by molar-refractivity contribution is 1.07. The number of rotatable bonds is 3. The maximum atomic E-state index is 5.07. The lowest BCUT2D eigenvalue weighted by atomic mass is 10.1. The van der Waals surface area contributed by atoms with Crippen molar-refractivity contribution in [1.29, 1.82) is 0 Å². The van der Waals surface area contributed by atoms with Crippen LogP contribution < -0.4 is 0 Å². The fraction of sp³-hybridized carbons (Fsp3) is 0. The predicted octanol–water partition coefficient (Wildman–Crippen LogP) is 11.8. The summed E-state index contributed by atoms with van der Waals surface area (Å²) >= 11 is 1.88. The summed E-state index contributed by atoms with van der Waals surface area (Å²) in [4.78, 5) is 15.1. The van der Waals surface area contributed by atoms with Crippen LogP contribution in [0.3, 0.4) is 0 Å². The standard InChI is InChI=1S/C45H25N5S/c1-3-11-26(12-4-1)43-46-44(27-13-5-2-6-14-27)48-45(47-43)28-21-23-34-32(25-28)30-16-9-19-36-41(30)49(34)35-18-10-20-37-39(35)40-38(51-37)24-22-31-29-15-7-8-17-33(29)50(36)42(31)40/h1-25H. The highest BCUT2D eigenvalue weighted by atomic mass is 32.1. The first-order valence-corrected chi connectivity index (χ1v) is 17.9. The summed E-state index contributed by atoms with van der Waals surface area (Å²) in [5.41, 5.74) is 10.1. The molecule has 0 aliphatic carbocycles. The molecule has 6 heteroatoms. The van der Waals surface area contributed by atoms with Gasteiger partial charge in [0.15, 0.2) is 17.5 Å². The SMILES string of the molecule is c1ccc(-c2nc(-c3ccccc3)nc(-c3ccc4c(c3)c3cccc5c3n4c3cccc4sc6ccc7c8ccccc8n5c7c6c43)n2)cc1. The molecule has 0 saturated carbocycles. The molecule has 236 valence electrons. The Labute approximate surface area is 294 Å². The molecule has 5 nitrogen and oxygen atoms in total. The van der Waals surface area contributed by atoms with E-state index in [4.69, 9.17) is 15.0 Å². The molecule has 0 radical (unpaired) electrons. The van der Waals surface area contributed by atoms with Crippen LogP contribution in [0.4, 0.5) is 0 Å². The molecule has 5 aromatic heterocycles. The van der Waals surface area contributed by atoms with E-state index in [1.165, 1.54) is 63.9 Å². The van der Waals surface area contributed by atoms with Crippen LogP contribution in [0, 0.1) is 0 Å². The molecular formula is C45H25N5S. The molecule has 0 atom stereocenters. The van der Waals surface area contributed by atoms with Gasteiger partial charge in [-0.15, -0.1) is 11.3 Å². The van der Waals surface area contributed by atoms with E-state index in [1.807, 2.05) is 47.7 Å². The van der Waals surface area contributed by atoms with E-state index in [-0.39, 0.29) is 0 Å². The monoisotopic (exact) mass is 667 g/mol. The number of nitrogens with zero attached hydrogens (tertiary/aromatic N) is 5. The van der Waals surface area contributed by atoms with E-state index in [0.717, 1.165) is 27.6 Å². The maximum absolute atomic E-state index is 5.07. The van der Waals surface area contributed by atoms with Crippen molar-refractivity contribution < 1.29 is 0 Å². The van der Waals surface area contributed by atoms with Gasteiger partial charge in [0.2, 0.25) is 0 Å². The molecule has 0 aliphatic rings. The van der Waals surface area contributed by atoms with Crippen LogP contribution in [0.25, 0.3) is 109 Å². The number of aromatic nitrogens is 5. The Hall–Kier alpha value is -6.63. The lowest BCUT2D eigenvalue weighted by Gasteiger charge is -2.10. The molecule has 0 amide bonds. The second-order valence-corrected chi connectivity index (χ2v) is 14.3. The number of fused-ring (bicyclic) bond motifs is 8. The Morgan fingerprint density at radius 3 is 1.71 bits per heavy atom.